The van der Waals surface area contributed by atoms with Crippen LogP contribution in [0.1, 0.15) is 0 Å². The Balaban J connectivity index is 2.19. The van der Waals surface area contributed by atoms with Crippen LogP contribution in [0.5, 0.6) is 5.75 Å². The van der Waals surface area contributed by atoms with E-state index in [0.29, 0.717) is 5.75 Å². The van der Waals surface area contributed by atoms with Gasteiger partial charge in [0, 0.05) is 0 Å². The summed E-state index contributed by atoms with van der Waals surface area (Å²) < 4.78 is 45.5. The van der Waals surface area contributed by atoms with Gasteiger partial charge in [-0.3, -0.25) is 0 Å². The second kappa shape index (κ2) is 6.10. The smallest absolute Gasteiger partial charge is 0.411 e. The highest BCUT2D eigenvalue weighted by molar-refractivity contribution is 9.10. The van der Waals surface area contributed by atoms with Crippen LogP contribution in [0.3, 0.4) is 0 Å². The Hall–Kier alpha value is -0.750. The van der Waals surface area contributed by atoms with Crippen LogP contribution in [-0.4, -0.2) is 26.0 Å². The van der Waals surface area contributed by atoms with Gasteiger partial charge in [-0.25, -0.2) is 0 Å². The fourth-order valence-corrected chi connectivity index (χ4v) is 1.36. The Morgan fingerprint density at radius 3 is 2.44 bits per heavy atom. The SMILES string of the molecule is FC(F)(F)COCCOc1ccccc1Br. The van der Waals surface area contributed by atoms with Gasteiger partial charge in [0.2, 0.25) is 0 Å². The zero-order chi connectivity index (χ0) is 12.0. The molecular weight excluding hydrogens is 289 g/mol. The highest BCUT2D eigenvalue weighted by atomic mass is 79.9. The Morgan fingerprint density at radius 1 is 1.12 bits per heavy atom. The van der Waals surface area contributed by atoms with Crippen molar-refractivity contribution in [3.05, 3.63) is 28.7 Å². The minimum atomic E-state index is -4.28. The first-order valence-electron chi connectivity index (χ1n) is 4.51. The van der Waals surface area contributed by atoms with Crippen LogP contribution in [0.15, 0.2) is 28.7 Å². The van der Waals surface area contributed by atoms with E-state index in [9.17, 15) is 13.2 Å². The summed E-state index contributed by atoms with van der Waals surface area (Å²) in [5.41, 5.74) is 0. The normalized spacial score (nSPS) is 11.5. The van der Waals surface area contributed by atoms with Crippen molar-refractivity contribution >= 4 is 15.9 Å². The zero-order valence-corrected chi connectivity index (χ0v) is 9.85. The van der Waals surface area contributed by atoms with Gasteiger partial charge in [0.05, 0.1) is 11.1 Å². The van der Waals surface area contributed by atoms with Gasteiger partial charge >= 0.3 is 6.18 Å². The van der Waals surface area contributed by atoms with Crippen LogP contribution in [0.4, 0.5) is 13.2 Å². The lowest BCUT2D eigenvalue weighted by Crippen LogP contribution is -2.19. The number of benzene rings is 1. The molecule has 0 atom stereocenters. The summed E-state index contributed by atoms with van der Waals surface area (Å²) in [5, 5.41) is 0. The van der Waals surface area contributed by atoms with E-state index in [-0.39, 0.29) is 13.2 Å². The molecule has 0 aliphatic carbocycles. The van der Waals surface area contributed by atoms with E-state index in [1.54, 1.807) is 18.2 Å². The third kappa shape index (κ3) is 5.37. The number of ether oxygens (including phenoxy) is 2. The van der Waals surface area contributed by atoms with Gasteiger partial charge < -0.3 is 9.47 Å². The molecule has 0 amide bonds. The predicted octanol–water partition coefficient (Wildman–Crippen LogP) is 3.41. The first-order chi connectivity index (χ1) is 7.49. The molecule has 6 heteroatoms. The number of hydrogen-bond acceptors (Lipinski definition) is 2. The topological polar surface area (TPSA) is 18.5 Å². The largest absolute Gasteiger partial charge is 0.490 e. The molecule has 0 N–H and O–H groups in total. The number of rotatable bonds is 5. The van der Waals surface area contributed by atoms with Crippen LogP contribution < -0.4 is 4.74 Å². The highest BCUT2D eigenvalue weighted by Crippen LogP contribution is 2.23. The minimum Gasteiger partial charge on any atom is -0.490 e. The summed E-state index contributed by atoms with van der Waals surface area (Å²) >= 11 is 3.25. The zero-order valence-electron chi connectivity index (χ0n) is 8.26. The molecule has 0 heterocycles. The predicted molar refractivity (Wildman–Crippen MR) is 56.5 cm³/mol. The lowest BCUT2D eigenvalue weighted by Gasteiger charge is -2.09. The van der Waals surface area contributed by atoms with Crippen LogP contribution in [0.2, 0.25) is 0 Å². The molecule has 90 valence electrons. The third-order valence-electron chi connectivity index (χ3n) is 1.59. The van der Waals surface area contributed by atoms with E-state index >= 15 is 0 Å². The molecule has 0 bridgehead atoms. The molecule has 0 aromatic heterocycles. The van der Waals surface area contributed by atoms with Crippen molar-refractivity contribution in [3.63, 3.8) is 0 Å². The summed E-state index contributed by atoms with van der Waals surface area (Å²) in [4.78, 5) is 0. The monoisotopic (exact) mass is 298 g/mol. The molecule has 0 radical (unpaired) electrons. The Morgan fingerprint density at radius 2 is 1.81 bits per heavy atom. The maximum Gasteiger partial charge on any atom is 0.411 e. The summed E-state index contributed by atoms with van der Waals surface area (Å²) in [6.07, 6.45) is -4.28. The van der Waals surface area contributed by atoms with Gasteiger partial charge in [-0.1, -0.05) is 12.1 Å². The number of hydrogen-bond donors (Lipinski definition) is 0. The fourth-order valence-electron chi connectivity index (χ4n) is 0.960. The quantitative estimate of drug-likeness (QED) is 0.776. The van der Waals surface area contributed by atoms with Crippen molar-refractivity contribution in [1.82, 2.24) is 0 Å². The Bertz CT molecular complexity index is 328. The van der Waals surface area contributed by atoms with E-state index in [2.05, 4.69) is 20.7 Å². The maximum absolute atomic E-state index is 11.7. The van der Waals surface area contributed by atoms with Crippen LogP contribution in [-0.2, 0) is 4.74 Å². The van der Waals surface area contributed by atoms with E-state index in [0.717, 1.165) is 4.47 Å². The molecule has 1 aromatic rings. The lowest BCUT2D eigenvalue weighted by molar-refractivity contribution is -0.175. The minimum absolute atomic E-state index is 0.0820. The highest BCUT2D eigenvalue weighted by Gasteiger charge is 2.27. The van der Waals surface area contributed by atoms with Crippen molar-refractivity contribution in [2.75, 3.05) is 19.8 Å². The van der Waals surface area contributed by atoms with E-state index in [4.69, 9.17) is 4.74 Å². The van der Waals surface area contributed by atoms with Crippen molar-refractivity contribution < 1.29 is 22.6 Å². The second-order valence-electron chi connectivity index (χ2n) is 2.95. The number of alkyl halides is 3. The van der Waals surface area contributed by atoms with Crippen molar-refractivity contribution in [2.45, 2.75) is 6.18 Å². The second-order valence-corrected chi connectivity index (χ2v) is 3.80. The Kier molecular flexibility index (Phi) is 5.08. The van der Waals surface area contributed by atoms with Crippen molar-refractivity contribution in [1.29, 1.82) is 0 Å². The maximum atomic E-state index is 11.7. The van der Waals surface area contributed by atoms with Gasteiger partial charge in [-0.05, 0) is 28.1 Å². The molecule has 0 aliphatic rings. The average molecular weight is 299 g/mol. The summed E-state index contributed by atoms with van der Waals surface area (Å²) in [5.74, 6) is 0.582. The summed E-state index contributed by atoms with van der Waals surface area (Å²) in [6.45, 7) is -1.26. The van der Waals surface area contributed by atoms with E-state index in [1.165, 1.54) is 0 Å². The summed E-state index contributed by atoms with van der Waals surface area (Å²) in [6, 6.07) is 7.09. The van der Waals surface area contributed by atoms with Crippen LogP contribution >= 0.6 is 15.9 Å². The summed E-state index contributed by atoms with van der Waals surface area (Å²) in [7, 11) is 0. The molecule has 1 aromatic carbocycles. The molecule has 0 fully saturated rings. The molecule has 16 heavy (non-hydrogen) atoms. The number of para-hydroxylation sites is 1. The molecular formula is C10H10BrF3O2. The fraction of sp³-hybridized carbons (Fsp3) is 0.400. The molecule has 2 nitrogen and oxygen atoms in total. The van der Waals surface area contributed by atoms with Gasteiger partial charge in [0.25, 0.3) is 0 Å². The van der Waals surface area contributed by atoms with E-state index in [1.807, 2.05) is 6.07 Å². The molecule has 0 saturated heterocycles. The lowest BCUT2D eigenvalue weighted by atomic mass is 10.3. The molecule has 0 aliphatic heterocycles. The number of halogens is 4. The first-order valence-corrected chi connectivity index (χ1v) is 5.30. The Labute approximate surface area is 99.5 Å². The van der Waals surface area contributed by atoms with Crippen molar-refractivity contribution in [2.24, 2.45) is 0 Å². The van der Waals surface area contributed by atoms with Gasteiger partial charge in [-0.2, -0.15) is 13.2 Å². The van der Waals surface area contributed by atoms with Crippen molar-refractivity contribution in [3.8, 4) is 5.75 Å². The van der Waals surface area contributed by atoms with Crippen LogP contribution in [0.25, 0.3) is 0 Å². The third-order valence-corrected chi connectivity index (χ3v) is 2.24. The molecule has 0 saturated carbocycles. The first kappa shape index (κ1) is 13.3. The molecule has 0 unspecified atom stereocenters. The van der Waals surface area contributed by atoms with Gasteiger partial charge in [0.15, 0.2) is 0 Å². The van der Waals surface area contributed by atoms with E-state index < -0.39 is 12.8 Å². The average Bonchev–Trinajstić information content (AvgIpc) is 2.18. The molecule has 1 rings (SSSR count). The van der Waals surface area contributed by atoms with Gasteiger partial charge in [-0.15, -0.1) is 0 Å². The standard InChI is InChI=1S/C10H10BrF3O2/c11-8-3-1-2-4-9(8)16-6-5-15-7-10(12,13)14/h1-4H,5-7H2. The van der Waals surface area contributed by atoms with Crippen LogP contribution in [0, 0.1) is 0 Å². The molecule has 0 spiro atoms. The van der Waals surface area contributed by atoms with Gasteiger partial charge in [0.1, 0.15) is 19.0 Å².